The number of carbonyl (C=O) groups excluding carboxylic acids is 3. The van der Waals surface area contributed by atoms with Crippen LogP contribution in [-0.2, 0) is 14.4 Å². The molecular formula is C21H32O5. The third-order valence-corrected chi connectivity index (χ3v) is 4.67. The van der Waals surface area contributed by atoms with E-state index >= 15 is 0 Å². The van der Waals surface area contributed by atoms with Gasteiger partial charge in [0.25, 0.3) is 0 Å². The molecule has 5 nitrogen and oxygen atoms in total. The number of ketones is 3. The zero-order chi connectivity index (χ0) is 20.2. The van der Waals surface area contributed by atoms with Crippen molar-refractivity contribution in [1.29, 1.82) is 0 Å². The van der Waals surface area contributed by atoms with Crippen molar-refractivity contribution in [3.05, 3.63) is 23.0 Å². The topological polar surface area (TPSA) is 91.7 Å². The molecule has 0 amide bonds. The van der Waals surface area contributed by atoms with E-state index in [2.05, 4.69) is 0 Å². The maximum atomic E-state index is 12.8. The van der Waals surface area contributed by atoms with Crippen LogP contribution in [0.3, 0.4) is 0 Å². The van der Waals surface area contributed by atoms with Crippen LogP contribution in [0.2, 0.25) is 0 Å². The van der Waals surface area contributed by atoms with Gasteiger partial charge in [0.15, 0.2) is 23.0 Å². The molecular weight excluding hydrogens is 332 g/mol. The van der Waals surface area contributed by atoms with E-state index in [1.165, 1.54) is 0 Å². The lowest BCUT2D eigenvalue weighted by Crippen LogP contribution is -2.46. The highest BCUT2D eigenvalue weighted by Gasteiger charge is 2.58. The number of allylic oxidation sites excluding steroid dienone is 3. The van der Waals surface area contributed by atoms with Crippen LogP contribution >= 0.6 is 0 Å². The summed E-state index contributed by atoms with van der Waals surface area (Å²) in [5.74, 6) is -3.42. The SMILES string of the molecule is CC(C)=CC[C@@H]1C(=O)C(C(=O)CC(C)C)=C(O)[C@@]1(O)C(=O)CCC(C)C. The van der Waals surface area contributed by atoms with Gasteiger partial charge >= 0.3 is 0 Å². The highest BCUT2D eigenvalue weighted by atomic mass is 16.3. The molecule has 2 N–H and O–H groups in total. The predicted octanol–water partition coefficient (Wildman–Crippen LogP) is 3.71. The average Bonchev–Trinajstić information content (AvgIpc) is 2.69. The van der Waals surface area contributed by atoms with Gasteiger partial charge in [-0.15, -0.1) is 0 Å². The molecule has 0 saturated carbocycles. The first-order valence-electron chi connectivity index (χ1n) is 9.33. The zero-order valence-electron chi connectivity index (χ0n) is 16.8. The number of hydrogen-bond donors (Lipinski definition) is 2. The Morgan fingerprint density at radius 1 is 1.15 bits per heavy atom. The molecule has 2 atom stereocenters. The first kappa shape index (κ1) is 22.3. The Labute approximate surface area is 156 Å². The van der Waals surface area contributed by atoms with Crippen LogP contribution in [-0.4, -0.2) is 33.2 Å². The average molecular weight is 364 g/mol. The smallest absolute Gasteiger partial charge is 0.191 e. The molecule has 0 fully saturated rings. The van der Waals surface area contributed by atoms with Crippen LogP contribution in [0.4, 0.5) is 0 Å². The van der Waals surface area contributed by atoms with Crippen LogP contribution in [0, 0.1) is 17.8 Å². The van der Waals surface area contributed by atoms with E-state index in [9.17, 15) is 24.6 Å². The molecule has 0 aliphatic heterocycles. The lowest BCUT2D eigenvalue weighted by atomic mass is 9.80. The molecule has 26 heavy (non-hydrogen) atoms. The van der Waals surface area contributed by atoms with Crippen molar-refractivity contribution in [2.75, 3.05) is 0 Å². The fourth-order valence-electron chi connectivity index (χ4n) is 3.15. The summed E-state index contributed by atoms with van der Waals surface area (Å²) in [6.07, 6.45) is 2.51. The van der Waals surface area contributed by atoms with Crippen molar-refractivity contribution in [2.24, 2.45) is 17.8 Å². The number of carbonyl (C=O) groups is 3. The Morgan fingerprint density at radius 2 is 1.73 bits per heavy atom. The third-order valence-electron chi connectivity index (χ3n) is 4.67. The Morgan fingerprint density at radius 3 is 2.19 bits per heavy atom. The van der Waals surface area contributed by atoms with Gasteiger partial charge in [0.2, 0.25) is 0 Å². The minimum Gasteiger partial charge on any atom is -0.508 e. The van der Waals surface area contributed by atoms with Crippen LogP contribution in [0.5, 0.6) is 0 Å². The molecule has 1 aliphatic rings. The minimum atomic E-state index is -2.31. The van der Waals surface area contributed by atoms with Gasteiger partial charge in [-0.2, -0.15) is 0 Å². The number of Topliss-reactive ketones (excluding diaryl/α,β-unsaturated/α-hetero) is 3. The fourth-order valence-corrected chi connectivity index (χ4v) is 3.15. The Kier molecular flexibility index (Phi) is 7.51. The molecule has 0 radical (unpaired) electrons. The lowest BCUT2D eigenvalue weighted by Gasteiger charge is -2.27. The monoisotopic (exact) mass is 364 g/mol. The maximum Gasteiger partial charge on any atom is 0.191 e. The summed E-state index contributed by atoms with van der Waals surface area (Å²) in [5.41, 5.74) is -1.78. The Bertz CT molecular complexity index is 635. The van der Waals surface area contributed by atoms with E-state index in [1.807, 2.05) is 41.5 Å². The summed E-state index contributed by atoms with van der Waals surface area (Å²) in [6, 6.07) is 0. The Hall–Kier alpha value is -1.75. The summed E-state index contributed by atoms with van der Waals surface area (Å²) in [7, 11) is 0. The van der Waals surface area contributed by atoms with Crippen LogP contribution < -0.4 is 0 Å². The van der Waals surface area contributed by atoms with Crippen molar-refractivity contribution in [1.82, 2.24) is 0 Å². The van der Waals surface area contributed by atoms with Crippen LogP contribution in [0.25, 0.3) is 0 Å². The van der Waals surface area contributed by atoms with Crippen LogP contribution in [0.15, 0.2) is 23.0 Å². The molecule has 0 unspecified atom stereocenters. The normalized spacial score (nSPS) is 23.1. The van der Waals surface area contributed by atoms with Crippen LogP contribution in [0.1, 0.15) is 67.2 Å². The van der Waals surface area contributed by atoms with Crippen molar-refractivity contribution in [2.45, 2.75) is 72.8 Å². The van der Waals surface area contributed by atoms with Crippen molar-refractivity contribution in [3.63, 3.8) is 0 Å². The number of hydrogen-bond acceptors (Lipinski definition) is 5. The maximum absolute atomic E-state index is 12.8. The quantitative estimate of drug-likeness (QED) is 0.481. The number of rotatable bonds is 9. The fraction of sp³-hybridized carbons (Fsp3) is 0.667. The van der Waals surface area contributed by atoms with Gasteiger partial charge < -0.3 is 10.2 Å². The van der Waals surface area contributed by atoms with E-state index < -0.39 is 40.2 Å². The van der Waals surface area contributed by atoms with Gasteiger partial charge in [0.05, 0.1) is 5.92 Å². The highest BCUT2D eigenvalue weighted by Crippen LogP contribution is 2.42. The standard InChI is InChI=1S/C21H32O5/c1-12(2)7-9-15-19(24)18(16(22)11-14(5)6)20(25)21(15,26)17(23)10-8-13(3)4/h7,13-15,25-26H,8-11H2,1-6H3/t15-,21+/m1/s1. The predicted molar refractivity (Wildman–Crippen MR) is 101 cm³/mol. The van der Waals surface area contributed by atoms with Gasteiger partial charge in [-0.25, -0.2) is 0 Å². The molecule has 0 aromatic heterocycles. The van der Waals surface area contributed by atoms with Gasteiger partial charge in [0, 0.05) is 12.8 Å². The molecule has 1 rings (SSSR count). The van der Waals surface area contributed by atoms with E-state index in [0.717, 1.165) is 5.57 Å². The van der Waals surface area contributed by atoms with E-state index in [1.54, 1.807) is 6.08 Å². The van der Waals surface area contributed by atoms with Crippen molar-refractivity contribution < 1.29 is 24.6 Å². The first-order valence-corrected chi connectivity index (χ1v) is 9.33. The number of aliphatic hydroxyl groups is 2. The van der Waals surface area contributed by atoms with Gasteiger partial charge in [0.1, 0.15) is 11.3 Å². The molecule has 0 bridgehead atoms. The molecule has 5 heteroatoms. The molecule has 146 valence electrons. The summed E-state index contributed by atoms with van der Waals surface area (Å²) >= 11 is 0. The lowest BCUT2D eigenvalue weighted by molar-refractivity contribution is -0.145. The zero-order valence-corrected chi connectivity index (χ0v) is 16.8. The molecule has 0 spiro atoms. The first-order chi connectivity index (χ1) is 11.9. The molecule has 0 aromatic rings. The molecule has 0 aromatic carbocycles. The summed E-state index contributed by atoms with van der Waals surface area (Å²) in [4.78, 5) is 38.0. The molecule has 0 heterocycles. The van der Waals surface area contributed by atoms with E-state index in [0.29, 0.717) is 6.42 Å². The van der Waals surface area contributed by atoms with Crippen molar-refractivity contribution in [3.8, 4) is 0 Å². The van der Waals surface area contributed by atoms with E-state index in [4.69, 9.17) is 0 Å². The Balaban J connectivity index is 3.34. The molecule has 0 saturated heterocycles. The summed E-state index contributed by atoms with van der Waals surface area (Å²) < 4.78 is 0. The third kappa shape index (κ3) is 4.70. The highest BCUT2D eigenvalue weighted by molar-refractivity contribution is 6.26. The van der Waals surface area contributed by atoms with E-state index in [-0.39, 0.29) is 31.1 Å². The van der Waals surface area contributed by atoms with Gasteiger partial charge in [-0.3, -0.25) is 14.4 Å². The summed E-state index contributed by atoms with van der Waals surface area (Å²) in [5, 5.41) is 21.7. The second kappa shape index (κ2) is 8.76. The molecule has 1 aliphatic carbocycles. The van der Waals surface area contributed by atoms with Gasteiger partial charge in [-0.05, 0) is 38.5 Å². The number of aliphatic hydroxyl groups excluding tert-OH is 1. The van der Waals surface area contributed by atoms with Gasteiger partial charge in [-0.1, -0.05) is 39.3 Å². The van der Waals surface area contributed by atoms with Crippen molar-refractivity contribution >= 4 is 17.3 Å². The minimum absolute atomic E-state index is 0.00262. The second-order valence-electron chi connectivity index (χ2n) is 8.30. The summed E-state index contributed by atoms with van der Waals surface area (Å²) in [6.45, 7) is 11.2. The second-order valence-corrected chi connectivity index (χ2v) is 8.30. The largest absolute Gasteiger partial charge is 0.508 e.